The molecule has 1 atom stereocenters. The minimum absolute atomic E-state index is 0.0918. The zero-order valence-electron chi connectivity index (χ0n) is 21.8. The number of hydrogen-bond acceptors (Lipinski definition) is 10. The Kier molecular flexibility index (Phi) is 9.84. The highest BCUT2D eigenvalue weighted by Gasteiger charge is 2.53. The number of alkyl halides is 1. The molecule has 0 aliphatic carbocycles. The molecule has 218 valence electrons. The molecule has 3 saturated heterocycles. The predicted molar refractivity (Wildman–Crippen MR) is 134 cm³/mol. The number of nitrogens with zero attached hydrogens (tertiary/aromatic N) is 2. The third-order valence-corrected chi connectivity index (χ3v) is 6.60. The number of amides is 3. The molecule has 1 unspecified atom stereocenters. The van der Waals surface area contributed by atoms with Crippen molar-refractivity contribution in [3.8, 4) is 0 Å². The quantitative estimate of drug-likeness (QED) is 0.184. The molecule has 3 fully saturated rings. The van der Waals surface area contributed by atoms with Crippen LogP contribution < -0.4 is 5.32 Å². The van der Waals surface area contributed by atoms with E-state index in [1.807, 2.05) is 5.32 Å². The number of benzene rings is 1. The van der Waals surface area contributed by atoms with Crippen molar-refractivity contribution in [1.82, 2.24) is 15.1 Å². The molecule has 0 radical (unpaired) electrons. The lowest BCUT2D eigenvalue weighted by atomic mass is 10.00. The predicted octanol–water partition coefficient (Wildman–Crippen LogP) is 1.38. The van der Waals surface area contributed by atoms with Gasteiger partial charge in [-0.2, -0.15) is 0 Å². The molecule has 3 aliphatic heterocycles. The largest absolute Gasteiger partial charge is 0.505 e. The first kappa shape index (κ1) is 30.5. The van der Waals surface area contributed by atoms with Gasteiger partial charge in [0.25, 0.3) is 17.8 Å². The maximum absolute atomic E-state index is 14.8. The van der Waals surface area contributed by atoms with Crippen LogP contribution >= 0.6 is 0 Å². The van der Waals surface area contributed by atoms with E-state index in [1.165, 1.54) is 12.1 Å². The van der Waals surface area contributed by atoms with Crippen molar-refractivity contribution in [3.05, 3.63) is 70.3 Å². The van der Waals surface area contributed by atoms with Gasteiger partial charge in [0, 0.05) is 38.0 Å². The molecule has 4 rings (SSSR count). The number of rotatable bonds is 7. The van der Waals surface area contributed by atoms with Gasteiger partial charge in [0.15, 0.2) is 11.5 Å². The lowest BCUT2D eigenvalue weighted by Gasteiger charge is -2.37. The first-order chi connectivity index (χ1) is 19.0. The number of imide groups is 1. The smallest absolute Gasteiger partial charge is 0.283 e. The van der Waals surface area contributed by atoms with E-state index in [4.69, 9.17) is 9.47 Å². The molecule has 1 aromatic rings. The van der Waals surface area contributed by atoms with Crippen LogP contribution in [-0.2, 0) is 37.0 Å². The summed E-state index contributed by atoms with van der Waals surface area (Å²) >= 11 is 0. The number of hydrogen-bond donors (Lipinski definition) is 5. The maximum atomic E-state index is 14.8. The summed E-state index contributed by atoms with van der Waals surface area (Å²) in [5.74, 6) is -6.36. The number of ether oxygens (including phenoxy) is 2. The van der Waals surface area contributed by atoms with E-state index in [2.05, 4.69) is 11.5 Å². The normalized spacial score (nSPS) is 24.2. The molecular weight excluding hydrogens is 536 g/mol. The van der Waals surface area contributed by atoms with Gasteiger partial charge in [-0.15, -0.1) is 0 Å². The molecule has 12 nitrogen and oxygen atoms in total. The summed E-state index contributed by atoms with van der Waals surface area (Å²) in [5.41, 5.74) is -2.70. The average molecular weight is 568 g/mol. The molecule has 14 heteroatoms. The van der Waals surface area contributed by atoms with E-state index >= 15 is 0 Å². The van der Waals surface area contributed by atoms with Crippen LogP contribution in [0.4, 0.5) is 8.78 Å². The van der Waals surface area contributed by atoms with Gasteiger partial charge < -0.3 is 29.9 Å². The number of carbonyl (C=O) groups excluding carboxylic acids is 3. The van der Waals surface area contributed by atoms with E-state index in [0.717, 1.165) is 18.7 Å². The third kappa shape index (κ3) is 6.41. The highest BCUT2D eigenvalue weighted by Crippen LogP contribution is 2.36. The molecule has 0 spiro atoms. The SMILES string of the molecule is C=C(O)/C(O)=C1/C(=O)N(C2(O)CCC(=O)NC2=O)C/C1=C(/O)OCc1ccc(CN2CCOCC2)cc1F.CF. The molecule has 3 amide bonds. The number of halogens is 2. The summed E-state index contributed by atoms with van der Waals surface area (Å²) in [6.45, 7) is 5.29. The zero-order valence-corrected chi connectivity index (χ0v) is 21.8. The van der Waals surface area contributed by atoms with E-state index in [0.29, 0.717) is 31.8 Å². The van der Waals surface area contributed by atoms with Gasteiger partial charge in [0.05, 0.1) is 38.1 Å². The summed E-state index contributed by atoms with van der Waals surface area (Å²) in [7, 11) is 0.500. The summed E-state index contributed by atoms with van der Waals surface area (Å²) in [6.07, 6.45) is -0.708. The van der Waals surface area contributed by atoms with Crippen LogP contribution in [0.3, 0.4) is 0 Å². The van der Waals surface area contributed by atoms with Crippen molar-refractivity contribution < 1.29 is 53.1 Å². The Bertz CT molecular complexity index is 1240. The van der Waals surface area contributed by atoms with Gasteiger partial charge in [0.1, 0.15) is 12.4 Å². The number of morpholine rings is 1. The number of likely N-dealkylation sites (tertiary alicyclic amines) is 1. The highest BCUT2D eigenvalue weighted by atomic mass is 19.1. The zero-order chi connectivity index (χ0) is 29.6. The van der Waals surface area contributed by atoms with E-state index in [1.54, 1.807) is 6.07 Å². The fourth-order valence-electron chi connectivity index (χ4n) is 4.44. The van der Waals surface area contributed by atoms with Gasteiger partial charge >= 0.3 is 0 Å². The number of aliphatic hydroxyl groups is 4. The van der Waals surface area contributed by atoms with Crippen LogP contribution in [0.2, 0.25) is 0 Å². The van der Waals surface area contributed by atoms with E-state index in [-0.39, 0.29) is 17.6 Å². The summed E-state index contributed by atoms with van der Waals surface area (Å²) in [5, 5.41) is 43.4. The van der Waals surface area contributed by atoms with Gasteiger partial charge in [-0.25, -0.2) is 4.39 Å². The molecule has 1 aromatic carbocycles. The van der Waals surface area contributed by atoms with Gasteiger partial charge in [-0.1, -0.05) is 18.7 Å². The first-order valence-electron chi connectivity index (χ1n) is 12.2. The van der Waals surface area contributed by atoms with Crippen LogP contribution in [0.5, 0.6) is 0 Å². The van der Waals surface area contributed by atoms with Crippen LogP contribution in [0.25, 0.3) is 0 Å². The Morgan fingerprint density at radius 3 is 2.45 bits per heavy atom. The summed E-state index contributed by atoms with van der Waals surface area (Å²) in [4.78, 5) is 39.7. The van der Waals surface area contributed by atoms with Crippen LogP contribution in [0, 0.1) is 5.82 Å². The Morgan fingerprint density at radius 1 is 1.18 bits per heavy atom. The molecular formula is C26H31F2N3O9. The van der Waals surface area contributed by atoms with Crippen LogP contribution in [0.15, 0.2) is 53.4 Å². The van der Waals surface area contributed by atoms with Crippen molar-refractivity contribution >= 4 is 17.7 Å². The van der Waals surface area contributed by atoms with Gasteiger partial charge in [0.2, 0.25) is 11.6 Å². The van der Waals surface area contributed by atoms with Gasteiger partial charge in [-0.3, -0.25) is 33.9 Å². The number of aliphatic hydroxyl groups excluding tert-OH is 3. The molecule has 3 heterocycles. The van der Waals surface area contributed by atoms with Crippen molar-refractivity contribution in [2.45, 2.75) is 31.7 Å². The number of piperidine rings is 1. The lowest BCUT2D eigenvalue weighted by molar-refractivity contribution is -0.177. The maximum Gasteiger partial charge on any atom is 0.283 e. The van der Waals surface area contributed by atoms with E-state index < -0.39 is 71.9 Å². The second-order valence-corrected chi connectivity index (χ2v) is 9.14. The van der Waals surface area contributed by atoms with Gasteiger partial charge in [-0.05, 0) is 11.6 Å². The molecule has 40 heavy (non-hydrogen) atoms. The number of nitrogens with one attached hydrogen (secondary N) is 1. The molecule has 5 N–H and O–H groups in total. The molecule has 0 saturated carbocycles. The van der Waals surface area contributed by atoms with Crippen molar-refractivity contribution in [3.63, 3.8) is 0 Å². The molecule has 0 aromatic heterocycles. The topological polar surface area (TPSA) is 169 Å². The average Bonchev–Trinajstić information content (AvgIpc) is 3.29. The fraction of sp³-hybridized carbons (Fsp3) is 0.423. The standard InChI is InChI=1S/C25H28FN3O9.CH3F/c1-14(30)21(32)20-17(12-29(22(20)33)25(36)5-4-19(31)27-24(25)35)23(34)38-13-16-3-2-15(10-18(16)26)11-28-6-8-37-9-7-28;1-2/h2-3,10,30,32,34,36H,1,4-9,11-13H2,(H,27,31,35);1H3/b21-20-,23-17+;. The molecule has 0 bridgehead atoms. The summed E-state index contributed by atoms with van der Waals surface area (Å²) in [6, 6.07) is 4.56. The molecule has 3 aliphatic rings. The highest BCUT2D eigenvalue weighted by molar-refractivity contribution is 6.08. The fourth-order valence-corrected chi connectivity index (χ4v) is 4.44. The first-order valence-corrected chi connectivity index (χ1v) is 12.2. The Morgan fingerprint density at radius 2 is 1.85 bits per heavy atom. The van der Waals surface area contributed by atoms with Crippen molar-refractivity contribution in [2.75, 3.05) is 40.0 Å². The second kappa shape index (κ2) is 12.9. The number of carbonyl (C=O) groups is 3. The Labute approximate surface area is 228 Å². The monoisotopic (exact) mass is 567 g/mol. The summed E-state index contributed by atoms with van der Waals surface area (Å²) < 4.78 is 34.9. The van der Waals surface area contributed by atoms with E-state index in [9.17, 15) is 43.6 Å². The lowest BCUT2D eigenvalue weighted by Crippen LogP contribution is -2.63. The van der Waals surface area contributed by atoms with Crippen LogP contribution in [-0.4, -0.2) is 93.7 Å². The van der Waals surface area contributed by atoms with Crippen molar-refractivity contribution in [2.24, 2.45) is 0 Å². The van der Waals surface area contributed by atoms with Crippen molar-refractivity contribution in [1.29, 1.82) is 0 Å². The Balaban J connectivity index is 0.00000216. The third-order valence-electron chi connectivity index (χ3n) is 6.60. The Hall–Kier alpha value is -4.01. The minimum Gasteiger partial charge on any atom is -0.505 e. The minimum atomic E-state index is -2.47. The van der Waals surface area contributed by atoms with Crippen LogP contribution in [0.1, 0.15) is 24.0 Å². The second-order valence-electron chi connectivity index (χ2n) is 9.14.